The molecule has 0 aromatic heterocycles. The highest BCUT2D eigenvalue weighted by atomic mass is 16.5. The van der Waals surface area contributed by atoms with Crippen molar-refractivity contribution in [2.75, 3.05) is 36.1 Å². The summed E-state index contributed by atoms with van der Waals surface area (Å²) < 4.78 is 5.49. The zero-order valence-electron chi connectivity index (χ0n) is 20.1. The molecule has 3 aromatic carbocycles. The van der Waals surface area contributed by atoms with Crippen LogP contribution in [0.15, 0.2) is 72.8 Å². The molecule has 176 valence electrons. The molecule has 5 rings (SSSR count). The first-order valence-corrected chi connectivity index (χ1v) is 12.6. The number of ether oxygens (including phenoxy) is 1. The molecule has 0 radical (unpaired) electrons. The maximum atomic E-state index is 14.0. The largest absolute Gasteiger partial charge is 0.378 e. The molecule has 1 amide bonds. The molecule has 34 heavy (non-hydrogen) atoms. The van der Waals surface area contributed by atoms with Crippen molar-refractivity contribution in [1.82, 2.24) is 0 Å². The third-order valence-corrected chi connectivity index (χ3v) is 7.24. The van der Waals surface area contributed by atoms with Crippen molar-refractivity contribution >= 4 is 17.3 Å². The van der Waals surface area contributed by atoms with E-state index in [1.165, 1.54) is 22.4 Å². The normalized spacial score (nSPS) is 17.8. The van der Waals surface area contributed by atoms with Crippen molar-refractivity contribution in [1.29, 1.82) is 0 Å². The predicted molar refractivity (Wildman–Crippen MR) is 139 cm³/mol. The van der Waals surface area contributed by atoms with Gasteiger partial charge in [-0.3, -0.25) is 4.79 Å². The summed E-state index contributed by atoms with van der Waals surface area (Å²) in [5, 5.41) is 0. The Labute approximate surface area is 203 Å². The molecule has 0 spiro atoms. The smallest absolute Gasteiger partial charge is 0.234 e. The van der Waals surface area contributed by atoms with E-state index in [4.69, 9.17) is 4.74 Å². The fraction of sp³-hybridized carbons (Fsp3) is 0.367. The van der Waals surface area contributed by atoms with Crippen LogP contribution in [0.3, 0.4) is 0 Å². The topological polar surface area (TPSA) is 32.8 Å². The van der Waals surface area contributed by atoms with Crippen molar-refractivity contribution in [2.24, 2.45) is 0 Å². The number of carbonyl (C=O) groups is 1. The number of benzene rings is 3. The van der Waals surface area contributed by atoms with E-state index < -0.39 is 0 Å². The lowest BCUT2D eigenvalue weighted by atomic mass is 9.82. The highest BCUT2D eigenvalue weighted by Gasteiger charge is 2.30. The van der Waals surface area contributed by atoms with Gasteiger partial charge in [-0.05, 0) is 72.2 Å². The van der Waals surface area contributed by atoms with Crippen LogP contribution in [0.5, 0.6) is 0 Å². The summed E-state index contributed by atoms with van der Waals surface area (Å²) in [6.45, 7) is 6.14. The molecule has 4 heteroatoms. The summed E-state index contributed by atoms with van der Waals surface area (Å²) >= 11 is 0. The molecule has 0 bridgehead atoms. The Morgan fingerprint density at radius 1 is 0.941 bits per heavy atom. The molecule has 1 fully saturated rings. The highest BCUT2D eigenvalue weighted by Crippen LogP contribution is 2.35. The van der Waals surface area contributed by atoms with E-state index in [1.54, 1.807) is 0 Å². The number of amides is 1. The van der Waals surface area contributed by atoms with Gasteiger partial charge in [0.05, 0.1) is 25.7 Å². The van der Waals surface area contributed by atoms with Gasteiger partial charge in [0.1, 0.15) is 0 Å². The average molecular weight is 455 g/mol. The molecule has 1 heterocycles. The molecule has 1 aliphatic carbocycles. The number of rotatable bonds is 6. The summed E-state index contributed by atoms with van der Waals surface area (Å²) in [7, 11) is 0. The Kier molecular flexibility index (Phi) is 6.96. The second-order valence-corrected chi connectivity index (χ2v) is 9.35. The molecule has 4 nitrogen and oxygen atoms in total. The molecule has 1 unspecified atom stereocenters. The van der Waals surface area contributed by atoms with Gasteiger partial charge in [-0.15, -0.1) is 0 Å². The van der Waals surface area contributed by atoms with E-state index in [9.17, 15) is 4.79 Å². The molecule has 1 aliphatic heterocycles. The van der Waals surface area contributed by atoms with Crippen LogP contribution < -0.4 is 9.80 Å². The molecule has 2 aliphatic rings. The number of hydrogen-bond donors (Lipinski definition) is 0. The zero-order valence-corrected chi connectivity index (χ0v) is 20.1. The van der Waals surface area contributed by atoms with Crippen molar-refractivity contribution in [2.45, 2.75) is 45.1 Å². The SMILES string of the molecule is CCc1ccc(N(Cc2ccc(N3CCOCC3)cc2)C(=O)C2CCCc3ccccc32)cc1. The lowest BCUT2D eigenvalue weighted by molar-refractivity contribution is -0.120. The summed E-state index contributed by atoms with van der Waals surface area (Å²) in [6, 6.07) is 25.7. The molecule has 1 saturated heterocycles. The van der Waals surface area contributed by atoms with Crippen LogP contribution in [0.1, 0.15) is 47.9 Å². The summed E-state index contributed by atoms with van der Waals surface area (Å²) in [6.07, 6.45) is 4.03. The van der Waals surface area contributed by atoms with Gasteiger partial charge in [-0.25, -0.2) is 0 Å². The lowest BCUT2D eigenvalue weighted by Gasteiger charge is -2.32. The van der Waals surface area contributed by atoms with E-state index in [2.05, 4.69) is 84.6 Å². The zero-order chi connectivity index (χ0) is 23.3. The maximum Gasteiger partial charge on any atom is 0.234 e. The van der Waals surface area contributed by atoms with E-state index in [1.807, 2.05) is 4.90 Å². The third-order valence-electron chi connectivity index (χ3n) is 7.24. The number of hydrogen-bond acceptors (Lipinski definition) is 3. The van der Waals surface area contributed by atoms with Crippen LogP contribution in [0.25, 0.3) is 0 Å². The summed E-state index contributed by atoms with van der Waals surface area (Å²) in [4.78, 5) is 18.4. The van der Waals surface area contributed by atoms with Crippen LogP contribution in [0.2, 0.25) is 0 Å². The summed E-state index contributed by atoms with van der Waals surface area (Å²) in [5.74, 6) is 0.122. The van der Waals surface area contributed by atoms with Gasteiger partial charge in [-0.1, -0.05) is 55.5 Å². The minimum Gasteiger partial charge on any atom is -0.378 e. The highest BCUT2D eigenvalue weighted by molar-refractivity contribution is 5.98. The van der Waals surface area contributed by atoms with Crippen LogP contribution >= 0.6 is 0 Å². The summed E-state index contributed by atoms with van der Waals surface area (Å²) in [5.41, 5.74) is 7.16. The number of nitrogens with zero attached hydrogens (tertiary/aromatic N) is 2. The number of fused-ring (bicyclic) bond motifs is 1. The molecule has 1 atom stereocenters. The average Bonchev–Trinajstić information content (AvgIpc) is 2.92. The number of morpholine rings is 1. The van der Waals surface area contributed by atoms with E-state index in [-0.39, 0.29) is 11.8 Å². The van der Waals surface area contributed by atoms with Crippen molar-refractivity contribution in [3.8, 4) is 0 Å². The molecule has 3 aromatic rings. The van der Waals surface area contributed by atoms with Crippen LogP contribution in [-0.4, -0.2) is 32.2 Å². The number of anilines is 2. The predicted octanol–water partition coefficient (Wildman–Crippen LogP) is 5.74. The first-order chi connectivity index (χ1) is 16.7. The fourth-order valence-electron chi connectivity index (χ4n) is 5.22. The third kappa shape index (κ3) is 4.88. The quantitative estimate of drug-likeness (QED) is 0.476. The minimum absolute atomic E-state index is 0.0802. The molecule has 0 N–H and O–H groups in total. The van der Waals surface area contributed by atoms with E-state index in [0.29, 0.717) is 6.54 Å². The first kappa shape index (κ1) is 22.7. The fourth-order valence-corrected chi connectivity index (χ4v) is 5.22. The van der Waals surface area contributed by atoms with Crippen LogP contribution in [-0.2, 0) is 28.9 Å². The Bertz CT molecular complexity index is 1100. The second-order valence-electron chi connectivity index (χ2n) is 9.35. The Morgan fingerprint density at radius 3 is 2.38 bits per heavy atom. The maximum absolute atomic E-state index is 14.0. The second kappa shape index (κ2) is 10.4. The van der Waals surface area contributed by atoms with Gasteiger partial charge in [-0.2, -0.15) is 0 Å². The minimum atomic E-state index is -0.0802. The van der Waals surface area contributed by atoms with Gasteiger partial charge >= 0.3 is 0 Å². The van der Waals surface area contributed by atoms with Crippen LogP contribution in [0.4, 0.5) is 11.4 Å². The Balaban J connectivity index is 1.42. The Morgan fingerprint density at radius 2 is 1.65 bits per heavy atom. The molecular weight excluding hydrogens is 420 g/mol. The van der Waals surface area contributed by atoms with E-state index >= 15 is 0 Å². The van der Waals surface area contributed by atoms with Crippen molar-refractivity contribution in [3.63, 3.8) is 0 Å². The monoisotopic (exact) mass is 454 g/mol. The van der Waals surface area contributed by atoms with Gasteiger partial charge < -0.3 is 14.5 Å². The first-order valence-electron chi connectivity index (χ1n) is 12.6. The number of carbonyl (C=O) groups excluding carboxylic acids is 1. The van der Waals surface area contributed by atoms with Gasteiger partial charge in [0.25, 0.3) is 0 Å². The lowest BCUT2D eigenvalue weighted by Crippen LogP contribution is -2.36. The van der Waals surface area contributed by atoms with E-state index in [0.717, 1.165) is 63.2 Å². The van der Waals surface area contributed by atoms with Gasteiger partial charge in [0.2, 0.25) is 5.91 Å². The van der Waals surface area contributed by atoms with Gasteiger partial charge in [0, 0.05) is 24.5 Å². The van der Waals surface area contributed by atoms with Crippen molar-refractivity contribution < 1.29 is 9.53 Å². The van der Waals surface area contributed by atoms with Crippen molar-refractivity contribution in [3.05, 3.63) is 95.1 Å². The van der Waals surface area contributed by atoms with Gasteiger partial charge in [0.15, 0.2) is 0 Å². The molecule has 0 saturated carbocycles. The molecular formula is C30H34N2O2. The van der Waals surface area contributed by atoms with Crippen LogP contribution in [0, 0.1) is 0 Å². The number of aryl methyl sites for hydroxylation is 2. The Hall–Kier alpha value is -3.11. The standard InChI is InChI=1S/C30H34N2O2/c1-2-23-10-16-27(17-11-23)32(30(33)29-9-5-7-25-6-3-4-8-28(25)29)22-24-12-14-26(15-13-24)31-18-20-34-21-19-31/h3-4,6,8,10-17,29H,2,5,7,9,18-22H2,1H3.